The SMILES string of the molecule is Cc1ccc(S(=O)(=O)N2CCC3=C([Si](C)(C)C)[C@H](CO[Si](C)(C)C(C)(C)C)CC=C[C@@H]3C2)cc1. The van der Waals surface area contributed by atoms with Crippen molar-refractivity contribution in [3.8, 4) is 0 Å². The second kappa shape index (κ2) is 9.81. The molecule has 2 atom stereocenters. The number of hydrogen-bond acceptors (Lipinski definition) is 3. The smallest absolute Gasteiger partial charge is 0.243 e. The zero-order valence-corrected chi connectivity index (χ0v) is 25.6. The van der Waals surface area contributed by atoms with Gasteiger partial charge in [-0.25, -0.2) is 8.42 Å². The van der Waals surface area contributed by atoms with Crippen molar-refractivity contribution in [2.45, 2.75) is 83.2 Å². The standard InChI is InChI=1S/C27H45NO3SSi2/c1-21-13-15-24(16-14-21)32(29,30)28-18-17-25-22(19-28)11-10-12-23(26(25)33(5,6)7)20-31-34(8,9)27(2,3)4/h10-11,13-16,22-23H,12,17-20H2,1-9H3/t22-,23+/m1/s1. The molecule has 1 aromatic carbocycles. The molecule has 7 heteroatoms. The molecule has 0 N–H and O–H groups in total. The molecule has 1 aliphatic heterocycles. The van der Waals surface area contributed by atoms with E-state index in [0.717, 1.165) is 25.0 Å². The van der Waals surface area contributed by atoms with Crippen LogP contribution in [0.4, 0.5) is 0 Å². The van der Waals surface area contributed by atoms with Crippen LogP contribution in [0.5, 0.6) is 0 Å². The lowest BCUT2D eigenvalue weighted by Crippen LogP contribution is -2.44. The van der Waals surface area contributed by atoms with Crippen LogP contribution < -0.4 is 0 Å². The minimum atomic E-state index is -3.48. The zero-order valence-electron chi connectivity index (χ0n) is 22.7. The van der Waals surface area contributed by atoms with Crippen molar-refractivity contribution < 1.29 is 12.8 Å². The fraction of sp³-hybridized carbons (Fsp3) is 0.630. The highest BCUT2D eigenvalue weighted by molar-refractivity contribution is 7.89. The number of allylic oxidation sites excluding steroid dienone is 1. The number of nitrogens with zero attached hydrogens (tertiary/aromatic N) is 1. The van der Waals surface area contributed by atoms with Crippen LogP contribution in [-0.2, 0) is 14.4 Å². The molecule has 1 saturated heterocycles. The lowest BCUT2D eigenvalue weighted by Gasteiger charge is -2.40. The van der Waals surface area contributed by atoms with Crippen molar-refractivity contribution in [3.05, 3.63) is 52.8 Å². The van der Waals surface area contributed by atoms with Gasteiger partial charge < -0.3 is 4.43 Å². The van der Waals surface area contributed by atoms with Gasteiger partial charge in [0.15, 0.2) is 8.32 Å². The molecular weight excluding hydrogens is 475 g/mol. The largest absolute Gasteiger partial charge is 0.416 e. The Morgan fingerprint density at radius 3 is 2.24 bits per heavy atom. The van der Waals surface area contributed by atoms with Crippen LogP contribution in [0, 0.1) is 18.8 Å². The molecule has 3 rings (SSSR count). The van der Waals surface area contributed by atoms with E-state index in [1.807, 2.05) is 19.1 Å². The van der Waals surface area contributed by atoms with E-state index in [0.29, 0.717) is 23.9 Å². The third kappa shape index (κ3) is 5.86. The van der Waals surface area contributed by atoms with E-state index in [1.165, 1.54) is 5.57 Å². The zero-order chi connectivity index (χ0) is 25.5. The first-order valence-corrected chi connectivity index (χ1v) is 20.5. The molecule has 34 heavy (non-hydrogen) atoms. The molecule has 1 fully saturated rings. The summed E-state index contributed by atoms with van der Waals surface area (Å²) in [6.07, 6.45) is 6.37. The maximum Gasteiger partial charge on any atom is 0.243 e. The fourth-order valence-electron chi connectivity index (χ4n) is 5.00. The number of aryl methyl sites for hydroxylation is 1. The first kappa shape index (κ1) is 27.6. The van der Waals surface area contributed by atoms with Crippen molar-refractivity contribution in [3.63, 3.8) is 0 Å². The lowest BCUT2D eigenvalue weighted by atomic mass is 9.91. The molecular formula is C27H45NO3SSi2. The van der Waals surface area contributed by atoms with Gasteiger partial charge in [0.1, 0.15) is 0 Å². The van der Waals surface area contributed by atoms with Gasteiger partial charge in [0.25, 0.3) is 0 Å². The second-order valence-electron chi connectivity index (χ2n) is 12.7. The second-order valence-corrected chi connectivity index (χ2v) is 24.4. The Hall–Kier alpha value is -0.996. The van der Waals surface area contributed by atoms with Gasteiger partial charge in [-0.2, -0.15) is 4.31 Å². The summed E-state index contributed by atoms with van der Waals surface area (Å²) < 4.78 is 35.2. The van der Waals surface area contributed by atoms with E-state index in [2.05, 4.69) is 65.7 Å². The van der Waals surface area contributed by atoms with Crippen LogP contribution >= 0.6 is 0 Å². The van der Waals surface area contributed by atoms with Crippen LogP contribution in [0.2, 0.25) is 37.8 Å². The van der Waals surface area contributed by atoms with Gasteiger partial charge in [-0.15, -0.1) is 0 Å². The molecule has 0 saturated carbocycles. The van der Waals surface area contributed by atoms with Crippen molar-refractivity contribution in [2.75, 3.05) is 19.7 Å². The molecule has 4 nitrogen and oxygen atoms in total. The Balaban J connectivity index is 1.90. The Morgan fingerprint density at radius 2 is 1.68 bits per heavy atom. The van der Waals surface area contributed by atoms with Crippen LogP contribution in [-0.4, -0.2) is 48.8 Å². The summed E-state index contributed by atoms with van der Waals surface area (Å²) >= 11 is 0. The van der Waals surface area contributed by atoms with E-state index in [1.54, 1.807) is 21.6 Å². The molecule has 1 aliphatic carbocycles. The Kier molecular flexibility index (Phi) is 7.96. The molecule has 2 aliphatic rings. The normalized spacial score (nSPS) is 23.1. The van der Waals surface area contributed by atoms with E-state index in [4.69, 9.17) is 4.43 Å². The first-order valence-electron chi connectivity index (χ1n) is 12.6. The average molecular weight is 520 g/mol. The van der Waals surface area contributed by atoms with Crippen LogP contribution in [0.3, 0.4) is 0 Å². The highest BCUT2D eigenvalue weighted by atomic mass is 32.2. The third-order valence-corrected chi connectivity index (χ3v) is 16.7. The van der Waals surface area contributed by atoms with Gasteiger partial charge in [-0.05, 0) is 50.0 Å². The maximum absolute atomic E-state index is 13.4. The summed E-state index contributed by atoms with van der Waals surface area (Å²) in [5.74, 6) is 0.561. The van der Waals surface area contributed by atoms with Gasteiger partial charge >= 0.3 is 0 Å². The minimum Gasteiger partial charge on any atom is -0.416 e. The number of fused-ring (bicyclic) bond motifs is 1. The average Bonchev–Trinajstić information content (AvgIpc) is 2.90. The predicted molar refractivity (Wildman–Crippen MR) is 149 cm³/mol. The van der Waals surface area contributed by atoms with Gasteiger partial charge in [-0.1, -0.05) is 81.0 Å². The fourth-order valence-corrected chi connectivity index (χ4v) is 10.2. The van der Waals surface area contributed by atoms with Gasteiger partial charge in [-0.3, -0.25) is 0 Å². The Bertz CT molecular complexity index is 1040. The molecule has 0 bridgehead atoms. The number of piperidine rings is 1. The summed E-state index contributed by atoms with van der Waals surface area (Å²) in [5, 5.41) is 1.81. The molecule has 0 radical (unpaired) electrons. The molecule has 0 amide bonds. The van der Waals surface area contributed by atoms with E-state index in [9.17, 15) is 8.42 Å². The summed E-state index contributed by atoms with van der Waals surface area (Å²) in [4.78, 5) is 0.397. The van der Waals surface area contributed by atoms with E-state index >= 15 is 0 Å². The number of hydrogen-bond donors (Lipinski definition) is 0. The molecule has 0 unspecified atom stereocenters. The monoisotopic (exact) mass is 519 g/mol. The van der Waals surface area contributed by atoms with Crippen LogP contribution in [0.15, 0.2) is 52.1 Å². The summed E-state index contributed by atoms with van der Waals surface area (Å²) in [5.41, 5.74) is 2.56. The van der Waals surface area contributed by atoms with Crippen molar-refractivity contribution in [2.24, 2.45) is 11.8 Å². The van der Waals surface area contributed by atoms with Crippen LogP contribution in [0.1, 0.15) is 39.2 Å². The van der Waals surface area contributed by atoms with Crippen molar-refractivity contribution in [1.82, 2.24) is 4.31 Å². The van der Waals surface area contributed by atoms with Crippen LogP contribution in [0.25, 0.3) is 0 Å². The Morgan fingerprint density at radius 1 is 1.06 bits per heavy atom. The molecule has 0 spiro atoms. The Labute approximate surface area is 210 Å². The van der Waals surface area contributed by atoms with Gasteiger partial charge in [0.2, 0.25) is 10.0 Å². The van der Waals surface area contributed by atoms with E-state index < -0.39 is 26.4 Å². The van der Waals surface area contributed by atoms with Crippen molar-refractivity contribution >= 4 is 26.4 Å². The van der Waals surface area contributed by atoms with E-state index in [-0.39, 0.29) is 11.0 Å². The molecule has 0 aromatic heterocycles. The van der Waals surface area contributed by atoms with Crippen molar-refractivity contribution in [1.29, 1.82) is 0 Å². The van der Waals surface area contributed by atoms with Gasteiger partial charge in [0, 0.05) is 31.5 Å². The molecule has 1 aromatic rings. The third-order valence-electron chi connectivity index (χ3n) is 7.94. The first-order chi connectivity index (χ1) is 15.5. The molecule has 1 heterocycles. The summed E-state index contributed by atoms with van der Waals surface area (Å²) in [7, 11) is -6.95. The maximum atomic E-state index is 13.4. The predicted octanol–water partition coefficient (Wildman–Crippen LogP) is 6.78. The highest BCUT2D eigenvalue weighted by Crippen LogP contribution is 2.42. The summed E-state index contributed by atoms with van der Waals surface area (Å²) in [6.45, 7) is 22.7. The quantitative estimate of drug-likeness (QED) is 0.307. The van der Waals surface area contributed by atoms with Gasteiger partial charge in [0.05, 0.1) is 13.0 Å². The minimum absolute atomic E-state index is 0.161. The lowest BCUT2D eigenvalue weighted by molar-refractivity contribution is 0.248. The molecule has 190 valence electrons. The number of benzene rings is 1. The highest BCUT2D eigenvalue weighted by Gasteiger charge is 2.41. The number of rotatable bonds is 6. The topological polar surface area (TPSA) is 46.6 Å². The summed E-state index contributed by atoms with van der Waals surface area (Å²) in [6, 6.07) is 7.23. The number of sulfonamides is 1.